The van der Waals surface area contributed by atoms with Crippen LogP contribution in [0.15, 0.2) is 36.3 Å². The van der Waals surface area contributed by atoms with E-state index in [-0.39, 0.29) is 5.56 Å². The van der Waals surface area contributed by atoms with Gasteiger partial charge in [0.2, 0.25) is 0 Å². The summed E-state index contributed by atoms with van der Waals surface area (Å²) in [5, 5.41) is 22.4. The number of carboxylic acid groups (broad SMARTS) is 1. The zero-order chi connectivity index (χ0) is 14.5. The van der Waals surface area contributed by atoms with Crippen molar-refractivity contribution in [1.29, 1.82) is 0 Å². The molecule has 1 aromatic rings. The number of carbonyl (C=O) groups is 1. The van der Waals surface area contributed by atoms with Crippen molar-refractivity contribution in [2.24, 2.45) is 0 Å². The van der Waals surface area contributed by atoms with E-state index in [0.717, 1.165) is 24.7 Å². The molecule has 0 aliphatic carbocycles. The number of benzene rings is 1. The fraction of sp³-hybridized carbons (Fsp3) is 0.308. The van der Waals surface area contributed by atoms with E-state index in [2.05, 4.69) is 5.32 Å². The molecule has 0 unspecified atom stereocenters. The van der Waals surface area contributed by atoms with Crippen LogP contribution >= 0.6 is 0 Å². The highest BCUT2D eigenvalue weighted by Crippen LogP contribution is 2.14. The lowest BCUT2D eigenvalue weighted by atomic mass is 10.1. The number of carboxylic acids is 1. The molecule has 20 heavy (non-hydrogen) atoms. The van der Waals surface area contributed by atoms with Crippen molar-refractivity contribution in [2.45, 2.75) is 13.0 Å². The summed E-state index contributed by atoms with van der Waals surface area (Å²) in [7, 11) is 0. The minimum absolute atomic E-state index is 0.228. The molecule has 7 nitrogen and oxygen atoms in total. The maximum atomic E-state index is 10.8. The van der Waals surface area contributed by atoms with Gasteiger partial charge < -0.3 is 15.3 Å². The average molecular weight is 277 g/mol. The van der Waals surface area contributed by atoms with Crippen LogP contribution in [-0.4, -0.2) is 34.0 Å². The predicted molar refractivity (Wildman–Crippen MR) is 71.5 cm³/mol. The van der Waals surface area contributed by atoms with Gasteiger partial charge in [-0.25, -0.2) is 4.79 Å². The largest absolute Gasteiger partial charge is 0.478 e. The summed E-state index contributed by atoms with van der Waals surface area (Å²) in [4.78, 5) is 22.8. The van der Waals surface area contributed by atoms with E-state index in [1.165, 1.54) is 12.1 Å². The molecule has 1 heterocycles. The summed E-state index contributed by atoms with van der Waals surface area (Å²) in [6.07, 6.45) is 1.87. The van der Waals surface area contributed by atoms with E-state index in [1.807, 2.05) is 4.90 Å². The summed E-state index contributed by atoms with van der Waals surface area (Å²) in [6.45, 7) is 1.95. The van der Waals surface area contributed by atoms with Crippen LogP contribution in [0.1, 0.15) is 22.3 Å². The Morgan fingerprint density at radius 1 is 1.45 bits per heavy atom. The third-order valence-electron chi connectivity index (χ3n) is 3.05. The smallest absolute Gasteiger partial charge is 0.335 e. The van der Waals surface area contributed by atoms with Crippen LogP contribution in [0.4, 0.5) is 0 Å². The molecule has 0 amide bonds. The molecule has 1 fully saturated rings. The Morgan fingerprint density at radius 2 is 2.15 bits per heavy atom. The molecule has 0 atom stereocenters. The highest BCUT2D eigenvalue weighted by atomic mass is 16.6. The standard InChI is InChI=1S/C13H15N3O4/c17-13(18)11-4-2-10(3-5-11)8-15-7-1-6-14-12(15)9-16(19)20/h2-5,9,14H,1,6-8H2,(H,17,18). The van der Waals surface area contributed by atoms with Crippen molar-refractivity contribution < 1.29 is 14.8 Å². The lowest BCUT2D eigenvalue weighted by molar-refractivity contribution is -0.405. The second kappa shape index (κ2) is 6.05. The monoisotopic (exact) mass is 277 g/mol. The molecule has 2 N–H and O–H groups in total. The molecule has 0 saturated carbocycles. The first kappa shape index (κ1) is 13.9. The van der Waals surface area contributed by atoms with Crippen LogP contribution in [-0.2, 0) is 6.54 Å². The van der Waals surface area contributed by atoms with Gasteiger partial charge in [0.25, 0.3) is 6.20 Å². The summed E-state index contributed by atoms with van der Waals surface area (Å²) < 4.78 is 0. The number of nitro groups is 1. The minimum atomic E-state index is -0.967. The third-order valence-corrected chi connectivity index (χ3v) is 3.05. The van der Waals surface area contributed by atoms with Crippen molar-refractivity contribution in [3.63, 3.8) is 0 Å². The highest BCUT2D eigenvalue weighted by molar-refractivity contribution is 5.87. The predicted octanol–water partition coefficient (Wildman–Crippen LogP) is 1.26. The fourth-order valence-electron chi connectivity index (χ4n) is 2.08. The molecular weight excluding hydrogens is 262 g/mol. The van der Waals surface area contributed by atoms with Gasteiger partial charge in [-0.3, -0.25) is 10.1 Å². The van der Waals surface area contributed by atoms with E-state index in [0.29, 0.717) is 18.9 Å². The van der Waals surface area contributed by atoms with E-state index in [4.69, 9.17) is 5.11 Å². The quantitative estimate of drug-likeness (QED) is 0.635. The molecule has 0 aromatic heterocycles. The van der Waals surface area contributed by atoms with Crippen molar-refractivity contribution in [3.8, 4) is 0 Å². The molecule has 1 aromatic carbocycles. The van der Waals surface area contributed by atoms with Crippen LogP contribution in [0.2, 0.25) is 0 Å². The normalized spacial score (nSPS) is 16.8. The molecule has 0 radical (unpaired) electrons. The van der Waals surface area contributed by atoms with Crippen molar-refractivity contribution in [1.82, 2.24) is 10.2 Å². The van der Waals surface area contributed by atoms with Crippen LogP contribution in [0, 0.1) is 10.1 Å². The molecular formula is C13H15N3O4. The van der Waals surface area contributed by atoms with Gasteiger partial charge in [0.1, 0.15) is 0 Å². The lowest BCUT2D eigenvalue weighted by Crippen LogP contribution is -2.39. The Bertz CT molecular complexity index is 539. The van der Waals surface area contributed by atoms with Gasteiger partial charge in [-0.15, -0.1) is 0 Å². The maximum absolute atomic E-state index is 10.8. The zero-order valence-corrected chi connectivity index (χ0v) is 10.8. The van der Waals surface area contributed by atoms with E-state index in [1.54, 1.807) is 12.1 Å². The summed E-state index contributed by atoms with van der Waals surface area (Å²) in [5.41, 5.74) is 1.14. The molecule has 1 aliphatic rings. The van der Waals surface area contributed by atoms with Gasteiger partial charge >= 0.3 is 5.97 Å². The Kier molecular flexibility index (Phi) is 4.19. The van der Waals surface area contributed by atoms with E-state index in [9.17, 15) is 14.9 Å². The Morgan fingerprint density at radius 3 is 2.75 bits per heavy atom. The van der Waals surface area contributed by atoms with Gasteiger partial charge in [0.15, 0.2) is 5.82 Å². The van der Waals surface area contributed by atoms with Crippen LogP contribution < -0.4 is 5.32 Å². The van der Waals surface area contributed by atoms with Crippen molar-refractivity contribution >= 4 is 5.97 Å². The number of aromatic carboxylic acids is 1. The Hall–Kier alpha value is -2.57. The van der Waals surface area contributed by atoms with Crippen LogP contribution in [0.5, 0.6) is 0 Å². The Balaban J connectivity index is 2.10. The maximum Gasteiger partial charge on any atom is 0.335 e. The van der Waals surface area contributed by atoms with Gasteiger partial charge in [-0.05, 0) is 24.1 Å². The van der Waals surface area contributed by atoms with Gasteiger partial charge in [-0.1, -0.05) is 12.1 Å². The van der Waals surface area contributed by atoms with E-state index >= 15 is 0 Å². The topological polar surface area (TPSA) is 95.7 Å². The third kappa shape index (κ3) is 3.47. The Labute approximate surface area is 115 Å². The molecule has 1 aliphatic heterocycles. The second-order valence-electron chi connectivity index (χ2n) is 4.50. The molecule has 2 rings (SSSR count). The summed E-state index contributed by atoms with van der Waals surface area (Å²) >= 11 is 0. The SMILES string of the molecule is O=C(O)c1ccc(CN2CCCNC2=C[N+](=O)[O-])cc1. The first-order valence-electron chi connectivity index (χ1n) is 6.22. The highest BCUT2D eigenvalue weighted by Gasteiger charge is 2.17. The average Bonchev–Trinajstić information content (AvgIpc) is 2.41. The molecule has 1 saturated heterocycles. The number of hydrogen-bond acceptors (Lipinski definition) is 5. The second-order valence-corrected chi connectivity index (χ2v) is 4.50. The number of hydrogen-bond donors (Lipinski definition) is 2. The summed E-state index contributed by atoms with van der Waals surface area (Å²) in [6, 6.07) is 6.52. The first-order valence-corrected chi connectivity index (χ1v) is 6.22. The number of rotatable bonds is 4. The first-order chi connectivity index (χ1) is 9.56. The fourth-order valence-corrected chi connectivity index (χ4v) is 2.08. The lowest BCUT2D eigenvalue weighted by Gasteiger charge is -2.30. The molecule has 106 valence electrons. The van der Waals surface area contributed by atoms with Gasteiger partial charge in [0.05, 0.1) is 10.5 Å². The van der Waals surface area contributed by atoms with Crippen molar-refractivity contribution in [3.05, 3.63) is 57.5 Å². The molecule has 7 heteroatoms. The van der Waals surface area contributed by atoms with Gasteiger partial charge in [-0.2, -0.15) is 0 Å². The number of nitrogens with zero attached hydrogens (tertiary/aromatic N) is 2. The van der Waals surface area contributed by atoms with Crippen LogP contribution in [0.25, 0.3) is 0 Å². The van der Waals surface area contributed by atoms with E-state index < -0.39 is 10.9 Å². The minimum Gasteiger partial charge on any atom is -0.478 e. The van der Waals surface area contributed by atoms with Gasteiger partial charge in [0, 0.05) is 19.6 Å². The van der Waals surface area contributed by atoms with Crippen molar-refractivity contribution in [2.75, 3.05) is 13.1 Å². The molecule has 0 spiro atoms. The van der Waals surface area contributed by atoms with Crippen LogP contribution in [0.3, 0.4) is 0 Å². The summed E-state index contributed by atoms with van der Waals surface area (Å²) in [5.74, 6) is -0.478. The molecule has 0 bridgehead atoms. The zero-order valence-electron chi connectivity index (χ0n) is 10.8. The number of nitrogens with one attached hydrogen (secondary N) is 1.